The molecule has 0 atom stereocenters. The lowest BCUT2D eigenvalue weighted by Gasteiger charge is -2.09. The first-order valence-corrected chi connectivity index (χ1v) is 6.95. The summed E-state index contributed by atoms with van der Waals surface area (Å²) in [6.45, 7) is 3.85. The molecule has 1 amide bonds. The van der Waals surface area contributed by atoms with Crippen LogP contribution in [0.3, 0.4) is 0 Å². The number of aryl methyl sites for hydroxylation is 1. The van der Waals surface area contributed by atoms with Crippen molar-refractivity contribution in [1.29, 1.82) is 0 Å². The van der Waals surface area contributed by atoms with Crippen molar-refractivity contribution in [3.63, 3.8) is 0 Å². The van der Waals surface area contributed by atoms with Crippen molar-refractivity contribution in [3.05, 3.63) is 35.7 Å². The predicted octanol–water partition coefficient (Wildman–Crippen LogP) is 2.66. The van der Waals surface area contributed by atoms with E-state index in [1.165, 1.54) is 0 Å². The predicted molar refractivity (Wildman–Crippen MR) is 78.5 cm³/mol. The molecule has 0 spiro atoms. The van der Waals surface area contributed by atoms with Crippen molar-refractivity contribution in [3.8, 4) is 0 Å². The van der Waals surface area contributed by atoms with Crippen molar-refractivity contribution in [2.45, 2.75) is 18.7 Å². The maximum absolute atomic E-state index is 12.1. The fraction of sp³-hybridized carbons (Fsp3) is 0.231. The molecule has 1 aromatic carbocycles. The molecule has 2 rings (SSSR count). The Labute approximate surface area is 116 Å². The Morgan fingerprint density at radius 1 is 1.47 bits per heavy atom. The van der Waals surface area contributed by atoms with Gasteiger partial charge in [0.05, 0.1) is 17.1 Å². The molecule has 0 aliphatic rings. The van der Waals surface area contributed by atoms with Crippen LogP contribution in [0.25, 0.3) is 0 Å². The van der Waals surface area contributed by atoms with E-state index in [-0.39, 0.29) is 11.6 Å². The molecule has 0 aliphatic heterocycles. The number of benzene rings is 1. The number of nitrogen functional groups attached to an aromatic ring is 1. The second kappa shape index (κ2) is 5.79. The molecule has 100 valence electrons. The van der Waals surface area contributed by atoms with Crippen molar-refractivity contribution < 1.29 is 4.79 Å². The van der Waals surface area contributed by atoms with E-state index in [1.54, 1.807) is 18.7 Å². The van der Waals surface area contributed by atoms with E-state index in [0.717, 1.165) is 16.3 Å². The highest BCUT2D eigenvalue weighted by molar-refractivity contribution is 7.99. The van der Waals surface area contributed by atoms with Crippen LogP contribution in [0.15, 0.2) is 29.2 Å². The lowest BCUT2D eigenvalue weighted by Crippen LogP contribution is -2.14. The number of nitrogens with two attached hydrogens (primary N) is 1. The monoisotopic (exact) mass is 276 g/mol. The number of rotatable bonds is 4. The third kappa shape index (κ3) is 2.90. The minimum atomic E-state index is -0.300. The molecular formula is C13H16N4OS. The third-order valence-corrected chi connectivity index (χ3v) is 3.60. The number of carbonyl (C=O) groups excluding carboxylic acids is 1. The highest BCUT2D eigenvalue weighted by atomic mass is 32.2. The van der Waals surface area contributed by atoms with Crippen LogP contribution < -0.4 is 11.1 Å². The third-order valence-electron chi connectivity index (χ3n) is 2.64. The summed E-state index contributed by atoms with van der Waals surface area (Å²) >= 11 is 1.67. The van der Waals surface area contributed by atoms with E-state index in [4.69, 9.17) is 5.73 Å². The molecule has 0 fully saturated rings. The van der Waals surface area contributed by atoms with Gasteiger partial charge in [-0.15, -0.1) is 11.8 Å². The maximum atomic E-state index is 12.1. The summed E-state index contributed by atoms with van der Waals surface area (Å²) in [5.74, 6) is 0.641. The highest BCUT2D eigenvalue weighted by Crippen LogP contribution is 2.27. The van der Waals surface area contributed by atoms with Gasteiger partial charge in [0.25, 0.3) is 5.91 Å². The fourth-order valence-corrected chi connectivity index (χ4v) is 2.40. The Hall–Kier alpha value is -1.95. The molecule has 6 heteroatoms. The summed E-state index contributed by atoms with van der Waals surface area (Å²) < 4.78 is 0. The molecule has 1 heterocycles. The van der Waals surface area contributed by atoms with Crippen LogP contribution in [0.5, 0.6) is 0 Å². The van der Waals surface area contributed by atoms with Gasteiger partial charge in [-0.05, 0) is 24.8 Å². The van der Waals surface area contributed by atoms with Gasteiger partial charge >= 0.3 is 0 Å². The van der Waals surface area contributed by atoms with Crippen molar-refractivity contribution >= 4 is 29.0 Å². The smallest absolute Gasteiger partial charge is 0.278 e. The number of anilines is 2. The molecule has 0 saturated heterocycles. The summed E-state index contributed by atoms with van der Waals surface area (Å²) in [6, 6.07) is 7.67. The number of hydrogen-bond donors (Lipinski definition) is 3. The quantitative estimate of drug-likeness (QED) is 0.750. The van der Waals surface area contributed by atoms with Gasteiger partial charge < -0.3 is 11.1 Å². The van der Waals surface area contributed by atoms with E-state index in [2.05, 4.69) is 22.4 Å². The van der Waals surface area contributed by atoms with Crippen LogP contribution in [-0.4, -0.2) is 21.9 Å². The fourth-order valence-electron chi connectivity index (χ4n) is 1.64. The summed E-state index contributed by atoms with van der Waals surface area (Å²) in [4.78, 5) is 13.2. The van der Waals surface area contributed by atoms with Gasteiger partial charge in [-0.3, -0.25) is 9.89 Å². The summed E-state index contributed by atoms with van der Waals surface area (Å²) in [5, 5.41) is 9.46. The highest BCUT2D eigenvalue weighted by Gasteiger charge is 2.16. The number of para-hydroxylation sites is 1. The Balaban J connectivity index is 2.22. The molecule has 0 saturated carbocycles. The molecule has 0 unspecified atom stereocenters. The molecule has 1 aromatic heterocycles. The van der Waals surface area contributed by atoms with E-state index >= 15 is 0 Å². The molecule has 0 bridgehead atoms. The summed E-state index contributed by atoms with van der Waals surface area (Å²) in [5.41, 5.74) is 7.88. The van der Waals surface area contributed by atoms with Gasteiger partial charge in [0, 0.05) is 4.90 Å². The van der Waals surface area contributed by atoms with E-state index in [0.29, 0.717) is 11.4 Å². The molecule has 19 heavy (non-hydrogen) atoms. The molecular weight excluding hydrogens is 260 g/mol. The average Bonchev–Trinajstić information content (AvgIpc) is 2.73. The zero-order chi connectivity index (χ0) is 13.8. The van der Waals surface area contributed by atoms with Crippen LogP contribution in [-0.2, 0) is 0 Å². The Morgan fingerprint density at radius 3 is 2.84 bits per heavy atom. The number of hydrogen-bond acceptors (Lipinski definition) is 4. The Morgan fingerprint density at radius 2 is 2.21 bits per heavy atom. The Bertz CT molecular complexity index is 594. The number of aromatic amines is 1. The maximum Gasteiger partial charge on any atom is 0.278 e. The lowest BCUT2D eigenvalue weighted by molar-refractivity contribution is 0.102. The first kappa shape index (κ1) is 13.5. The normalized spacial score (nSPS) is 10.4. The first-order valence-electron chi connectivity index (χ1n) is 5.97. The number of aromatic nitrogens is 2. The van der Waals surface area contributed by atoms with E-state index < -0.39 is 0 Å². The van der Waals surface area contributed by atoms with Crippen LogP contribution in [0.2, 0.25) is 0 Å². The topological polar surface area (TPSA) is 83.8 Å². The Kier molecular flexibility index (Phi) is 4.11. The molecule has 5 nitrogen and oxygen atoms in total. The molecule has 2 aromatic rings. The van der Waals surface area contributed by atoms with Gasteiger partial charge in [-0.2, -0.15) is 5.10 Å². The molecule has 0 aliphatic carbocycles. The number of carbonyl (C=O) groups is 1. The van der Waals surface area contributed by atoms with E-state index in [1.807, 2.05) is 24.3 Å². The average molecular weight is 276 g/mol. The number of H-pyrrole nitrogens is 1. The van der Waals surface area contributed by atoms with Gasteiger partial charge in [-0.1, -0.05) is 19.1 Å². The standard InChI is InChI=1S/C13H16N4OS/c1-3-19-10-7-5-4-6-9(10)15-13(18)12-11(14)8(2)16-17-12/h4-7H,3,14H2,1-2H3,(H,15,18)(H,16,17). The van der Waals surface area contributed by atoms with Crippen LogP contribution in [0, 0.1) is 6.92 Å². The van der Waals surface area contributed by atoms with Crippen LogP contribution in [0.1, 0.15) is 23.1 Å². The second-order valence-corrected chi connectivity index (χ2v) is 5.30. The first-order chi connectivity index (χ1) is 9.13. The zero-order valence-corrected chi connectivity index (χ0v) is 11.7. The zero-order valence-electron chi connectivity index (χ0n) is 10.9. The number of amides is 1. The van der Waals surface area contributed by atoms with Crippen molar-refractivity contribution in [2.75, 3.05) is 16.8 Å². The van der Waals surface area contributed by atoms with Crippen LogP contribution in [0.4, 0.5) is 11.4 Å². The second-order valence-electron chi connectivity index (χ2n) is 3.99. The SMILES string of the molecule is CCSc1ccccc1NC(=O)c1n[nH]c(C)c1N. The lowest BCUT2D eigenvalue weighted by atomic mass is 10.2. The van der Waals surface area contributed by atoms with Gasteiger partial charge in [0.15, 0.2) is 5.69 Å². The summed E-state index contributed by atoms with van der Waals surface area (Å²) in [7, 11) is 0. The molecule has 4 N–H and O–H groups in total. The summed E-state index contributed by atoms with van der Waals surface area (Å²) in [6.07, 6.45) is 0. The van der Waals surface area contributed by atoms with Gasteiger partial charge in [0.1, 0.15) is 0 Å². The number of thioether (sulfide) groups is 1. The number of nitrogens with one attached hydrogen (secondary N) is 2. The van der Waals surface area contributed by atoms with Gasteiger partial charge in [-0.25, -0.2) is 0 Å². The van der Waals surface area contributed by atoms with Gasteiger partial charge in [0.2, 0.25) is 0 Å². The minimum Gasteiger partial charge on any atom is -0.395 e. The minimum absolute atomic E-state index is 0.230. The van der Waals surface area contributed by atoms with Crippen molar-refractivity contribution in [2.24, 2.45) is 0 Å². The largest absolute Gasteiger partial charge is 0.395 e. The van der Waals surface area contributed by atoms with E-state index in [9.17, 15) is 4.79 Å². The molecule has 0 radical (unpaired) electrons. The van der Waals surface area contributed by atoms with Crippen molar-refractivity contribution in [1.82, 2.24) is 10.2 Å². The van der Waals surface area contributed by atoms with Crippen LogP contribution >= 0.6 is 11.8 Å². The number of nitrogens with zero attached hydrogens (tertiary/aromatic N) is 1.